The highest BCUT2D eigenvalue weighted by molar-refractivity contribution is 5.36. The van der Waals surface area contributed by atoms with Crippen LogP contribution in [0.25, 0.3) is 0 Å². The van der Waals surface area contributed by atoms with Gasteiger partial charge in [0.05, 0.1) is 19.8 Å². The molecule has 1 fully saturated rings. The summed E-state index contributed by atoms with van der Waals surface area (Å²) < 4.78 is 11.6. The van der Waals surface area contributed by atoms with Gasteiger partial charge in [-0.1, -0.05) is 54.6 Å². The highest BCUT2D eigenvalue weighted by Crippen LogP contribution is 2.41. The van der Waals surface area contributed by atoms with E-state index in [1.165, 1.54) is 5.56 Å². The Bertz CT molecular complexity index is 626. The molecule has 3 heteroatoms. The number of hydrogen-bond acceptors (Lipinski definition) is 3. The van der Waals surface area contributed by atoms with Crippen LogP contribution in [-0.2, 0) is 4.74 Å². The number of rotatable bonds is 5. The van der Waals surface area contributed by atoms with E-state index in [9.17, 15) is 0 Å². The maximum atomic E-state index is 6.11. The summed E-state index contributed by atoms with van der Waals surface area (Å²) in [5.74, 6) is 0.857. The van der Waals surface area contributed by atoms with Crippen LogP contribution < -0.4 is 4.74 Å². The minimum atomic E-state index is -0.112. The number of nitrogens with zero attached hydrogens (tertiary/aromatic N) is 1. The lowest BCUT2D eigenvalue weighted by molar-refractivity contribution is 0.0335. The van der Waals surface area contributed by atoms with Gasteiger partial charge in [0.15, 0.2) is 0 Å². The van der Waals surface area contributed by atoms with Crippen LogP contribution >= 0.6 is 0 Å². The molecule has 22 heavy (non-hydrogen) atoms. The van der Waals surface area contributed by atoms with E-state index in [-0.39, 0.29) is 12.3 Å². The Hall–Kier alpha value is -2.10. The van der Waals surface area contributed by atoms with Gasteiger partial charge in [0, 0.05) is 12.1 Å². The molecule has 0 aromatic heterocycles. The highest BCUT2D eigenvalue weighted by atomic mass is 16.5. The predicted octanol–water partition coefficient (Wildman–Crippen LogP) is 3.95. The van der Waals surface area contributed by atoms with Gasteiger partial charge in [0.25, 0.3) is 0 Å². The van der Waals surface area contributed by atoms with Crippen molar-refractivity contribution < 1.29 is 9.47 Å². The lowest BCUT2D eigenvalue weighted by Gasteiger charge is -2.28. The third-order valence-corrected chi connectivity index (χ3v) is 4.04. The maximum absolute atomic E-state index is 6.11. The summed E-state index contributed by atoms with van der Waals surface area (Å²) in [7, 11) is 1.69. The zero-order valence-electron chi connectivity index (χ0n) is 12.8. The summed E-state index contributed by atoms with van der Waals surface area (Å²) in [5, 5.41) is 0. The molecular weight excluding hydrogens is 274 g/mol. The number of ether oxygens (including phenoxy) is 2. The normalized spacial score (nSPS) is 21.7. The largest absolute Gasteiger partial charge is 0.496 e. The first-order valence-corrected chi connectivity index (χ1v) is 7.51. The van der Waals surface area contributed by atoms with E-state index in [1.807, 2.05) is 30.3 Å². The second kappa shape index (κ2) is 6.77. The minimum Gasteiger partial charge on any atom is -0.496 e. The molecule has 1 saturated heterocycles. The lowest BCUT2D eigenvalue weighted by Crippen LogP contribution is -2.27. The van der Waals surface area contributed by atoms with E-state index in [0.29, 0.717) is 6.61 Å². The Balaban J connectivity index is 1.94. The Morgan fingerprint density at radius 3 is 2.64 bits per heavy atom. The van der Waals surface area contributed by atoms with Gasteiger partial charge < -0.3 is 9.47 Å². The van der Waals surface area contributed by atoms with Crippen LogP contribution in [0.15, 0.2) is 67.3 Å². The van der Waals surface area contributed by atoms with Gasteiger partial charge in [-0.25, -0.2) is 0 Å². The van der Waals surface area contributed by atoms with Crippen LogP contribution in [0.2, 0.25) is 0 Å². The third-order valence-electron chi connectivity index (χ3n) is 4.04. The third kappa shape index (κ3) is 2.78. The van der Waals surface area contributed by atoms with Crippen molar-refractivity contribution in [3.05, 3.63) is 78.4 Å². The SMILES string of the molecule is C=CCN1[C@@H](c2ccccc2OC)OC[C@H]1c1ccccc1. The average molecular weight is 295 g/mol. The first-order valence-electron chi connectivity index (χ1n) is 7.51. The van der Waals surface area contributed by atoms with Gasteiger partial charge in [-0.2, -0.15) is 0 Å². The Kier molecular flexibility index (Phi) is 4.56. The van der Waals surface area contributed by atoms with Crippen molar-refractivity contribution in [2.45, 2.75) is 12.3 Å². The first-order chi connectivity index (χ1) is 10.8. The first kappa shape index (κ1) is 14.8. The van der Waals surface area contributed by atoms with Crippen molar-refractivity contribution in [3.63, 3.8) is 0 Å². The molecule has 1 heterocycles. The standard InChI is InChI=1S/C19H21NO2/c1-3-13-20-17(15-9-5-4-6-10-15)14-22-19(20)16-11-7-8-12-18(16)21-2/h3-12,17,19H,1,13-14H2,2H3/t17-,19+/m0/s1. The Labute approximate surface area is 131 Å². The summed E-state index contributed by atoms with van der Waals surface area (Å²) >= 11 is 0. The highest BCUT2D eigenvalue weighted by Gasteiger charge is 2.36. The molecule has 0 bridgehead atoms. The molecule has 0 N–H and O–H groups in total. The molecule has 0 spiro atoms. The summed E-state index contributed by atoms with van der Waals surface area (Å²) in [6.45, 7) is 5.33. The van der Waals surface area contributed by atoms with Gasteiger partial charge >= 0.3 is 0 Å². The van der Waals surface area contributed by atoms with Gasteiger partial charge in [0.2, 0.25) is 0 Å². The van der Waals surface area contributed by atoms with Gasteiger partial charge in [0.1, 0.15) is 12.0 Å². The summed E-state index contributed by atoms with van der Waals surface area (Å²) in [5.41, 5.74) is 2.33. The molecule has 1 aliphatic heterocycles. The van der Waals surface area contributed by atoms with E-state index in [4.69, 9.17) is 9.47 Å². The zero-order valence-corrected chi connectivity index (χ0v) is 12.8. The van der Waals surface area contributed by atoms with Crippen molar-refractivity contribution in [1.82, 2.24) is 4.90 Å². The Morgan fingerprint density at radius 2 is 1.91 bits per heavy atom. The monoisotopic (exact) mass is 295 g/mol. The van der Waals surface area contributed by atoms with E-state index >= 15 is 0 Å². The fourth-order valence-corrected chi connectivity index (χ4v) is 3.01. The van der Waals surface area contributed by atoms with Crippen LogP contribution in [0.3, 0.4) is 0 Å². The molecular formula is C19H21NO2. The predicted molar refractivity (Wildman–Crippen MR) is 87.8 cm³/mol. The molecule has 0 radical (unpaired) electrons. The fraction of sp³-hybridized carbons (Fsp3) is 0.263. The molecule has 2 aromatic rings. The van der Waals surface area contributed by atoms with Crippen molar-refractivity contribution in [1.29, 1.82) is 0 Å². The molecule has 0 amide bonds. The van der Waals surface area contributed by atoms with Crippen molar-refractivity contribution >= 4 is 0 Å². The maximum Gasteiger partial charge on any atom is 0.141 e. The number of para-hydroxylation sites is 1. The zero-order chi connectivity index (χ0) is 15.4. The van der Waals surface area contributed by atoms with E-state index in [2.05, 4.69) is 41.8 Å². The fourth-order valence-electron chi connectivity index (χ4n) is 3.01. The smallest absolute Gasteiger partial charge is 0.141 e. The molecule has 0 saturated carbocycles. The van der Waals surface area contributed by atoms with Crippen LogP contribution in [-0.4, -0.2) is 25.2 Å². The van der Waals surface area contributed by atoms with E-state index < -0.39 is 0 Å². The van der Waals surface area contributed by atoms with Gasteiger partial charge in [-0.15, -0.1) is 6.58 Å². The second-order valence-electron chi connectivity index (χ2n) is 5.34. The van der Waals surface area contributed by atoms with Crippen LogP contribution in [0.4, 0.5) is 0 Å². The summed E-state index contributed by atoms with van der Waals surface area (Å²) in [4.78, 5) is 2.32. The topological polar surface area (TPSA) is 21.7 Å². The number of methoxy groups -OCH3 is 1. The molecule has 0 unspecified atom stereocenters. The number of benzene rings is 2. The lowest BCUT2D eigenvalue weighted by atomic mass is 10.1. The van der Waals surface area contributed by atoms with E-state index in [1.54, 1.807) is 7.11 Å². The molecule has 114 valence electrons. The van der Waals surface area contributed by atoms with E-state index in [0.717, 1.165) is 17.9 Å². The average Bonchev–Trinajstić information content (AvgIpc) is 2.99. The Morgan fingerprint density at radius 1 is 1.18 bits per heavy atom. The quantitative estimate of drug-likeness (QED) is 0.780. The summed E-state index contributed by atoms with van der Waals surface area (Å²) in [6, 6.07) is 18.7. The van der Waals surface area contributed by atoms with Crippen molar-refractivity contribution in [3.8, 4) is 5.75 Å². The minimum absolute atomic E-state index is 0.112. The second-order valence-corrected chi connectivity index (χ2v) is 5.34. The molecule has 2 aromatic carbocycles. The van der Waals surface area contributed by atoms with Crippen molar-refractivity contribution in [2.75, 3.05) is 20.3 Å². The van der Waals surface area contributed by atoms with Crippen molar-refractivity contribution in [2.24, 2.45) is 0 Å². The van der Waals surface area contributed by atoms with Crippen LogP contribution in [0.1, 0.15) is 23.4 Å². The molecule has 3 rings (SSSR count). The molecule has 3 nitrogen and oxygen atoms in total. The number of hydrogen-bond donors (Lipinski definition) is 0. The van der Waals surface area contributed by atoms with Gasteiger partial charge in [-0.05, 0) is 11.6 Å². The van der Waals surface area contributed by atoms with Crippen LogP contribution in [0, 0.1) is 0 Å². The van der Waals surface area contributed by atoms with Gasteiger partial charge in [-0.3, -0.25) is 4.90 Å². The molecule has 0 aliphatic carbocycles. The molecule has 1 aliphatic rings. The molecule has 2 atom stereocenters. The van der Waals surface area contributed by atoms with Crippen LogP contribution in [0.5, 0.6) is 5.75 Å². The summed E-state index contributed by atoms with van der Waals surface area (Å²) in [6.07, 6.45) is 1.81.